The Morgan fingerprint density at radius 2 is 1.89 bits per heavy atom. The van der Waals surface area contributed by atoms with Crippen LogP contribution in [-0.2, 0) is 21.1 Å². The number of benzene rings is 1. The van der Waals surface area contributed by atoms with Gasteiger partial charge in [0, 0.05) is 42.6 Å². The third kappa shape index (κ3) is 5.82. The second kappa shape index (κ2) is 8.97. The van der Waals surface area contributed by atoms with Crippen molar-refractivity contribution >= 4 is 32.5 Å². The Bertz CT molecular complexity index is 808. The summed E-state index contributed by atoms with van der Waals surface area (Å²) in [6, 6.07) is 2.85. The molecule has 1 aromatic carbocycles. The van der Waals surface area contributed by atoms with Crippen molar-refractivity contribution < 1.29 is 30.4 Å². The number of rotatable bonds is 7. The Labute approximate surface area is 165 Å². The van der Waals surface area contributed by atoms with Crippen LogP contribution in [0.5, 0.6) is 0 Å². The first kappa shape index (κ1) is 22.9. The standard InChI is InChI=1S/C16H24F3N3O4S2/c1-11(2)10-22-7-5-12(6-8-22)20-14-4-3-13(21-27(23)24)9-15(14)28(25,26)16(17,18)19/h3-4,9,11-12,20-21H,5-8,10H2,1-2H3,(H,23,24)/p-1. The topological polar surface area (TPSA) is 102 Å². The zero-order chi connectivity index (χ0) is 21.1. The highest BCUT2D eigenvalue weighted by atomic mass is 32.2. The van der Waals surface area contributed by atoms with Gasteiger partial charge in [0.05, 0.1) is 5.69 Å². The highest BCUT2D eigenvalue weighted by Gasteiger charge is 2.48. The van der Waals surface area contributed by atoms with Crippen LogP contribution >= 0.6 is 0 Å². The van der Waals surface area contributed by atoms with Gasteiger partial charge in [-0.05, 0) is 37.0 Å². The van der Waals surface area contributed by atoms with E-state index >= 15 is 0 Å². The minimum atomic E-state index is -5.66. The largest absolute Gasteiger partial charge is 0.755 e. The molecular formula is C16H23F3N3O4S2-. The lowest BCUT2D eigenvalue weighted by Crippen LogP contribution is -2.40. The Balaban J connectivity index is 2.25. The predicted molar refractivity (Wildman–Crippen MR) is 100 cm³/mol. The van der Waals surface area contributed by atoms with Crippen LogP contribution in [-0.4, -0.2) is 53.3 Å². The van der Waals surface area contributed by atoms with E-state index in [1.165, 1.54) is 6.07 Å². The quantitative estimate of drug-likeness (QED) is 0.630. The molecule has 0 radical (unpaired) electrons. The Morgan fingerprint density at radius 1 is 1.29 bits per heavy atom. The summed E-state index contributed by atoms with van der Waals surface area (Å²) < 4.78 is 86.5. The molecule has 0 aliphatic carbocycles. The van der Waals surface area contributed by atoms with Gasteiger partial charge in [0.15, 0.2) is 0 Å². The first-order valence-corrected chi connectivity index (χ1v) is 11.3. The van der Waals surface area contributed by atoms with Crippen molar-refractivity contribution in [2.24, 2.45) is 5.92 Å². The van der Waals surface area contributed by atoms with Gasteiger partial charge in [0.2, 0.25) is 0 Å². The normalized spacial score (nSPS) is 18.2. The van der Waals surface area contributed by atoms with Crippen LogP contribution in [0, 0.1) is 5.92 Å². The van der Waals surface area contributed by atoms with Crippen molar-refractivity contribution in [1.82, 2.24) is 4.90 Å². The maximum atomic E-state index is 13.1. The monoisotopic (exact) mass is 442 g/mol. The van der Waals surface area contributed by atoms with E-state index in [2.05, 4.69) is 24.1 Å². The molecule has 0 bridgehead atoms. The average molecular weight is 443 g/mol. The molecule has 0 saturated carbocycles. The van der Waals surface area contributed by atoms with Crippen molar-refractivity contribution in [1.29, 1.82) is 0 Å². The minimum absolute atomic E-state index is 0.182. The smallest absolute Gasteiger partial charge is 0.501 e. The van der Waals surface area contributed by atoms with Gasteiger partial charge in [0.1, 0.15) is 4.90 Å². The van der Waals surface area contributed by atoms with E-state index in [0.717, 1.165) is 25.7 Å². The fourth-order valence-electron chi connectivity index (χ4n) is 3.14. The van der Waals surface area contributed by atoms with Gasteiger partial charge >= 0.3 is 5.51 Å². The van der Waals surface area contributed by atoms with Gasteiger partial charge in [-0.15, -0.1) is 0 Å². The number of hydrogen-bond acceptors (Lipinski definition) is 6. The molecule has 7 nitrogen and oxygen atoms in total. The molecule has 1 unspecified atom stereocenters. The molecule has 1 heterocycles. The second-order valence-electron chi connectivity index (χ2n) is 7.11. The lowest BCUT2D eigenvalue weighted by Gasteiger charge is -2.34. The highest BCUT2D eigenvalue weighted by molar-refractivity contribution is 7.92. The van der Waals surface area contributed by atoms with Gasteiger partial charge in [-0.2, -0.15) is 13.2 Å². The van der Waals surface area contributed by atoms with Crippen molar-refractivity contribution in [2.45, 2.75) is 43.1 Å². The van der Waals surface area contributed by atoms with Crippen LogP contribution in [0.3, 0.4) is 0 Å². The molecule has 0 spiro atoms. The van der Waals surface area contributed by atoms with E-state index in [1.807, 2.05) is 4.72 Å². The van der Waals surface area contributed by atoms with Gasteiger partial charge in [-0.25, -0.2) is 8.42 Å². The number of nitrogens with zero attached hydrogens (tertiary/aromatic N) is 1. The van der Waals surface area contributed by atoms with Gasteiger partial charge < -0.3 is 19.5 Å². The van der Waals surface area contributed by atoms with Crippen LogP contribution in [0.4, 0.5) is 24.5 Å². The first-order chi connectivity index (χ1) is 12.9. The lowest BCUT2D eigenvalue weighted by atomic mass is 10.0. The summed E-state index contributed by atoms with van der Waals surface area (Å²) in [6.07, 6.45) is 1.31. The number of sulfone groups is 1. The summed E-state index contributed by atoms with van der Waals surface area (Å²) >= 11 is -2.80. The summed E-state index contributed by atoms with van der Waals surface area (Å²) in [5.74, 6) is 0.500. The SMILES string of the molecule is CC(C)CN1CCC(Nc2ccc(NS(=O)[O-])cc2S(=O)(=O)C(F)(F)F)CC1. The van der Waals surface area contributed by atoms with Crippen molar-refractivity contribution in [2.75, 3.05) is 29.7 Å². The van der Waals surface area contributed by atoms with E-state index in [4.69, 9.17) is 0 Å². The first-order valence-electron chi connectivity index (χ1n) is 8.70. The van der Waals surface area contributed by atoms with Crippen LogP contribution in [0.2, 0.25) is 0 Å². The summed E-state index contributed by atoms with van der Waals surface area (Å²) in [6.45, 7) is 6.64. The van der Waals surface area contributed by atoms with Crippen molar-refractivity contribution in [3.63, 3.8) is 0 Å². The Kier molecular flexibility index (Phi) is 7.34. The molecular weight excluding hydrogens is 419 g/mol. The molecule has 2 rings (SSSR count). The predicted octanol–water partition coefficient (Wildman–Crippen LogP) is 2.72. The number of anilines is 2. The summed E-state index contributed by atoms with van der Waals surface area (Å²) in [5, 5.41) is 2.89. The van der Waals surface area contributed by atoms with Crippen LogP contribution in [0.25, 0.3) is 0 Å². The molecule has 1 atom stereocenters. The zero-order valence-corrected chi connectivity index (χ0v) is 17.1. The molecule has 1 saturated heterocycles. The average Bonchev–Trinajstić information content (AvgIpc) is 2.56. The van der Waals surface area contributed by atoms with Crippen LogP contribution in [0.15, 0.2) is 23.1 Å². The molecule has 1 aliphatic heterocycles. The molecule has 2 N–H and O–H groups in total. The summed E-state index contributed by atoms with van der Waals surface area (Å²) in [4.78, 5) is 1.26. The molecule has 1 aromatic rings. The fourth-order valence-corrected chi connectivity index (χ4v) is 4.41. The Morgan fingerprint density at radius 3 is 2.39 bits per heavy atom. The molecule has 0 aromatic heterocycles. The molecule has 12 heteroatoms. The maximum Gasteiger partial charge on any atom is 0.501 e. The number of likely N-dealkylation sites (tertiary alicyclic amines) is 1. The minimum Gasteiger partial charge on any atom is -0.755 e. The number of hydrogen-bond donors (Lipinski definition) is 2. The maximum absolute atomic E-state index is 13.1. The number of halogens is 3. The number of alkyl halides is 3. The zero-order valence-electron chi connectivity index (χ0n) is 15.5. The highest BCUT2D eigenvalue weighted by Crippen LogP contribution is 2.36. The van der Waals surface area contributed by atoms with E-state index < -0.39 is 31.5 Å². The lowest BCUT2D eigenvalue weighted by molar-refractivity contribution is -0.0435. The molecule has 28 heavy (non-hydrogen) atoms. The third-order valence-corrected chi connectivity index (χ3v) is 6.28. The number of nitrogens with one attached hydrogen (secondary N) is 2. The van der Waals surface area contributed by atoms with Crippen molar-refractivity contribution in [3.8, 4) is 0 Å². The van der Waals surface area contributed by atoms with Gasteiger partial charge in [-0.1, -0.05) is 13.8 Å². The molecule has 1 fully saturated rings. The fraction of sp³-hybridized carbons (Fsp3) is 0.625. The van der Waals surface area contributed by atoms with Gasteiger partial charge in [0.25, 0.3) is 9.84 Å². The molecule has 160 valence electrons. The van der Waals surface area contributed by atoms with Gasteiger partial charge in [-0.3, -0.25) is 4.21 Å². The third-order valence-electron chi connectivity index (χ3n) is 4.35. The summed E-state index contributed by atoms with van der Waals surface area (Å²) in [5.41, 5.74) is -5.96. The molecule has 0 amide bonds. The number of piperidine rings is 1. The van der Waals surface area contributed by atoms with Crippen LogP contribution < -0.4 is 10.0 Å². The van der Waals surface area contributed by atoms with Crippen molar-refractivity contribution in [3.05, 3.63) is 18.2 Å². The molecule has 1 aliphatic rings. The van der Waals surface area contributed by atoms with E-state index in [0.29, 0.717) is 24.8 Å². The second-order valence-corrected chi connectivity index (χ2v) is 9.69. The Hall–Kier alpha value is -1.37. The summed E-state index contributed by atoms with van der Waals surface area (Å²) in [7, 11) is -5.66. The van der Waals surface area contributed by atoms with E-state index in [-0.39, 0.29) is 17.4 Å². The van der Waals surface area contributed by atoms with E-state index in [9.17, 15) is 30.4 Å². The van der Waals surface area contributed by atoms with E-state index in [1.54, 1.807) is 0 Å². The van der Waals surface area contributed by atoms with Crippen LogP contribution in [0.1, 0.15) is 26.7 Å².